The number of guanidine groups is 1. The molecule has 0 amide bonds. The molecular weight excluding hydrogens is 421 g/mol. The van der Waals surface area contributed by atoms with Crippen molar-refractivity contribution in [1.82, 2.24) is 10.6 Å². The fourth-order valence-corrected chi connectivity index (χ4v) is 2.56. The molecule has 0 fully saturated rings. The highest BCUT2D eigenvalue weighted by molar-refractivity contribution is 14.0. The minimum absolute atomic E-state index is 0. The zero-order valence-corrected chi connectivity index (χ0v) is 17.8. The average Bonchev–Trinajstić information content (AvgIpc) is 2.53. The number of hydrogen-bond acceptors (Lipinski definition) is 3. The van der Waals surface area contributed by atoms with Crippen molar-refractivity contribution in [3.63, 3.8) is 0 Å². The van der Waals surface area contributed by atoms with Crippen molar-refractivity contribution in [3.05, 3.63) is 29.3 Å². The normalized spacial score (nSPS) is 10.9. The summed E-state index contributed by atoms with van der Waals surface area (Å²) in [6.45, 7) is 6.58. The monoisotopic (exact) mass is 451 g/mol. The van der Waals surface area contributed by atoms with E-state index in [1.54, 1.807) is 7.11 Å². The number of aliphatic imine (C=N–C) groups is 1. The minimum Gasteiger partial charge on any atom is -0.496 e. The summed E-state index contributed by atoms with van der Waals surface area (Å²) in [5.74, 6) is 2.99. The van der Waals surface area contributed by atoms with E-state index in [4.69, 9.17) is 4.74 Å². The van der Waals surface area contributed by atoms with Crippen LogP contribution in [0.15, 0.2) is 23.2 Å². The van der Waals surface area contributed by atoms with Crippen LogP contribution in [0.3, 0.4) is 0 Å². The quantitative estimate of drug-likeness (QED) is 0.259. The average molecular weight is 451 g/mol. The van der Waals surface area contributed by atoms with Gasteiger partial charge >= 0.3 is 0 Å². The molecule has 0 aromatic heterocycles. The first kappa shape index (κ1) is 22.4. The van der Waals surface area contributed by atoms with Crippen LogP contribution in [0.5, 0.6) is 5.75 Å². The SMILES string of the molecule is CCNC(=NCc1ccc(C)cc1OC)NCCCCSC.I. The third kappa shape index (κ3) is 9.30. The highest BCUT2D eigenvalue weighted by Gasteiger charge is 2.03. The number of benzene rings is 1. The molecular formula is C17H30IN3OS. The predicted molar refractivity (Wildman–Crippen MR) is 114 cm³/mol. The molecule has 1 aromatic rings. The standard InChI is InChI=1S/C17H29N3OS.HI/c1-5-18-17(19-10-6-7-11-22-4)20-13-15-9-8-14(2)12-16(15)21-3;/h8-9,12H,5-7,10-11,13H2,1-4H3,(H2,18,19,20);1H. The number of nitrogens with zero attached hydrogens (tertiary/aromatic N) is 1. The lowest BCUT2D eigenvalue weighted by Gasteiger charge is -2.12. The summed E-state index contributed by atoms with van der Waals surface area (Å²) in [6.07, 6.45) is 4.55. The Labute approximate surface area is 162 Å². The number of thioether (sulfide) groups is 1. The third-order valence-electron chi connectivity index (χ3n) is 3.26. The van der Waals surface area contributed by atoms with Crippen LogP contribution < -0.4 is 15.4 Å². The molecule has 0 aliphatic heterocycles. The molecule has 0 aliphatic rings. The van der Waals surface area contributed by atoms with Crippen LogP contribution in [0.2, 0.25) is 0 Å². The highest BCUT2D eigenvalue weighted by Crippen LogP contribution is 2.20. The Morgan fingerprint density at radius 3 is 2.70 bits per heavy atom. The Morgan fingerprint density at radius 2 is 2.04 bits per heavy atom. The van der Waals surface area contributed by atoms with Gasteiger partial charge in [-0.05, 0) is 50.3 Å². The summed E-state index contributed by atoms with van der Waals surface area (Å²) < 4.78 is 5.43. The summed E-state index contributed by atoms with van der Waals surface area (Å²) in [7, 11) is 1.71. The molecule has 0 heterocycles. The van der Waals surface area contributed by atoms with Gasteiger partial charge in [0, 0.05) is 18.7 Å². The Bertz CT molecular complexity index is 469. The largest absolute Gasteiger partial charge is 0.496 e. The summed E-state index contributed by atoms with van der Waals surface area (Å²) in [4.78, 5) is 4.65. The number of aryl methyl sites for hydroxylation is 1. The molecule has 23 heavy (non-hydrogen) atoms. The molecule has 1 aromatic carbocycles. The molecule has 0 aliphatic carbocycles. The smallest absolute Gasteiger partial charge is 0.191 e. The zero-order valence-electron chi connectivity index (χ0n) is 14.6. The van der Waals surface area contributed by atoms with Crippen molar-refractivity contribution in [3.8, 4) is 5.75 Å². The number of halogens is 1. The van der Waals surface area contributed by atoms with Gasteiger partial charge in [-0.1, -0.05) is 12.1 Å². The van der Waals surface area contributed by atoms with Crippen LogP contribution >= 0.6 is 35.7 Å². The second-order valence-electron chi connectivity index (χ2n) is 5.14. The fourth-order valence-electron chi connectivity index (χ4n) is 2.07. The van der Waals surface area contributed by atoms with Crippen LogP contribution in [0, 0.1) is 6.92 Å². The maximum atomic E-state index is 5.43. The van der Waals surface area contributed by atoms with Gasteiger partial charge in [0.2, 0.25) is 0 Å². The molecule has 4 nitrogen and oxygen atoms in total. The van der Waals surface area contributed by atoms with Crippen molar-refractivity contribution in [2.24, 2.45) is 4.99 Å². The van der Waals surface area contributed by atoms with Crippen LogP contribution in [0.25, 0.3) is 0 Å². The Kier molecular flexibility index (Phi) is 13.4. The number of unbranched alkanes of at least 4 members (excludes halogenated alkanes) is 1. The molecule has 0 unspecified atom stereocenters. The molecule has 1 rings (SSSR count). The number of methoxy groups -OCH3 is 1. The summed E-state index contributed by atoms with van der Waals surface area (Å²) >= 11 is 1.90. The molecule has 2 N–H and O–H groups in total. The van der Waals surface area contributed by atoms with Gasteiger partial charge in [0.05, 0.1) is 13.7 Å². The van der Waals surface area contributed by atoms with Gasteiger partial charge in [-0.15, -0.1) is 24.0 Å². The maximum Gasteiger partial charge on any atom is 0.191 e. The Hall–Kier alpha value is -0.630. The van der Waals surface area contributed by atoms with Crippen molar-refractivity contribution in [2.45, 2.75) is 33.2 Å². The summed E-state index contributed by atoms with van der Waals surface area (Å²) in [5.41, 5.74) is 2.30. The van der Waals surface area contributed by atoms with Gasteiger partial charge in [0.25, 0.3) is 0 Å². The molecule has 0 bridgehead atoms. The second kappa shape index (κ2) is 13.8. The van der Waals surface area contributed by atoms with Gasteiger partial charge < -0.3 is 15.4 Å². The van der Waals surface area contributed by atoms with Gasteiger partial charge in [0.1, 0.15) is 5.75 Å². The maximum absolute atomic E-state index is 5.43. The van der Waals surface area contributed by atoms with Crippen LogP contribution in [0.4, 0.5) is 0 Å². The van der Waals surface area contributed by atoms with Crippen molar-refractivity contribution < 1.29 is 4.74 Å². The Balaban J connectivity index is 0.00000484. The Morgan fingerprint density at radius 1 is 1.26 bits per heavy atom. The van der Waals surface area contributed by atoms with Gasteiger partial charge in [0.15, 0.2) is 5.96 Å². The number of nitrogens with one attached hydrogen (secondary N) is 2. The van der Waals surface area contributed by atoms with Gasteiger partial charge in [-0.25, -0.2) is 4.99 Å². The van der Waals surface area contributed by atoms with E-state index in [-0.39, 0.29) is 24.0 Å². The van der Waals surface area contributed by atoms with E-state index in [0.29, 0.717) is 6.54 Å². The van der Waals surface area contributed by atoms with E-state index < -0.39 is 0 Å². The molecule has 6 heteroatoms. The molecule has 0 spiro atoms. The molecule has 132 valence electrons. The van der Waals surface area contributed by atoms with Crippen LogP contribution in [-0.4, -0.2) is 38.2 Å². The van der Waals surface area contributed by atoms with Crippen molar-refractivity contribution in [1.29, 1.82) is 0 Å². The van der Waals surface area contributed by atoms with Gasteiger partial charge in [-0.3, -0.25) is 0 Å². The molecule has 0 saturated carbocycles. The minimum atomic E-state index is 0. The summed E-state index contributed by atoms with van der Waals surface area (Å²) in [5, 5.41) is 6.67. The lowest BCUT2D eigenvalue weighted by atomic mass is 10.1. The first-order chi connectivity index (χ1) is 10.7. The third-order valence-corrected chi connectivity index (χ3v) is 3.96. The van der Waals surface area contributed by atoms with Gasteiger partial charge in [-0.2, -0.15) is 11.8 Å². The molecule has 0 radical (unpaired) electrons. The van der Waals surface area contributed by atoms with Crippen LogP contribution in [0.1, 0.15) is 30.9 Å². The predicted octanol–water partition coefficient (Wildman–Crippen LogP) is 3.82. The molecule has 0 saturated heterocycles. The van der Waals surface area contributed by atoms with E-state index in [1.165, 1.54) is 24.2 Å². The topological polar surface area (TPSA) is 45.7 Å². The van der Waals surface area contributed by atoms with E-state index >= 15 is 0 Å². The van der Waals surface area contributed by atoms with Crippen molar-refractivity contribution >= 4 is 41.7 Å². The highest BCUT2D eigenvalue weighted by atomic mass is 127. The first-order valence-corrected chi connectivity index (χ1v) is 9.25. The number of hydrogen-bond donors (Lipinski definition) is 2. The second-order valence-corrected chi connectivity index (χ2v) is 6.12. The van der Waals surface area contributed by atoms with E-state index in [0.717, 1.165) is 30.4 Å². The summed E-state index contributed by atoms with van der Waals surface area (Å²) in [6, 6.07) is 6.23. The van der Waals surface area contributed by atoms with Crippen molar-refractivity contribution in [2.75, 3.05) is 32.2 Å². The van der Waals surface area contributed by atoms with E-state index in [2.05, 4.69) is 47.9 Å². The van der Waals surface area contributed by atoms with E-state index in [9.17, 15) is 0 Å². The molecule has 0 atom stereocenters. The van der Waals surface area contributed by atoms with E-state index in [1.807, 2.05) is 17.8 Å². The fraction of sp³-hybridized carbons (Fsp3) is 0.588. The number of ether oxygens (including phenoxy) is 1. The first-order valence-electron chi connectivity index (χ1n) is 7.85. The lowest BCUT2D eigenvalue weighted by molar-refractivity contribution is 0.409. The number of rotatable bonds is 9. The van der Waals surface area contributed by atoms with Crippen LogP contribution in [-0.2, 0) is 6.54 Å². The lowest BCUT2D eigenvalue weighted by Crippen LogP contribution is -2.37. The zero-order chi connectivity index (χ0) is 16.2.